The van der Waals surface area contributed by atoms with Gasteiger partial charge in [-0.1, -0.05) is 0 Å². The summed E-state index contributed by atoms with van der Waals surface area (Å²) in [6.07, 6.45) is 1.76. The first-order valence-electron chi connectivity index (χ1n) is 3.59. The lowest BCUT2D eigenvalue weighted by molar-refractivity contribution is -0.384. The maximum Gasteiger partial charge on any atom is 0.270 e. The van der Waals surface area contributed by atoms with Crippen LogP contribution >= 0.6 is 15.9 Å². The first kappa shape index (κ1) is 8.25. The zero-order valence-corrected chi connectivity index (χ0v) is 8.04. The van der Waals surface area contributed by atoms with E-state index in [0.29, 0.717) is 0 Å². The Hall–Kier alpha value is -1.36. The van der Waals surface area contributed by atoms with Crippen LogP contribution in [0.2, 0.25) is 0 Å². The number of hydrogen-bond acceptors (Lipinski definition) is 2. The molecule has 2 rings (SSSR count). The van der Waals surface area contributed by atoms with E-state index in [0.717, 1.165) is 15.4 Å². The first-order chi connectivity index (χ1) is 6.18. The van der Waals surface area contributed by atoms with Gasteiger partial charge in [-0.3, -0.25) is 10.1 Å². The van der Waals surface area contributed by atoms with Crippen molar-refractivity contribution in [1.82, 2.24) is 4.98 Å². The third kappa shape index (κ3) is 1.31. The average Bonchev–Trinajstić information content (AvgIpc) is 2.47. The monoisotopic (exact) mass is 240 g/mol. The highest BCUT2D eigenvalue weighted by Crippen LogP contribution is 2.26. The van der Waals surface area contributed by atoms with Crippen molar-refractivity contribution >= 4 is 32.5 Å². The molecule has 66 valence electrons. The molecule has 1 aromatic heterocycles. The molecule has 0 radical (unpaired) electrons. The van der Waals surface area contributed by atoms with E-state index in [1.54, 1.807) is 12.3 Å². The van der Waals surface area contributed by atoms with Gasteiger partial charge < -0.3 is 4.98 Å². The molecule has 0 aliphatic carbocycles. The lowest BCUT2D eigenvalue weighted by Crippen LogP contribution is -1.86. The Bertz CT molecular complexity index is 478. The fourth-order valence-electron chi connectivity index (χ4n) is 1.19. The molecule has 1 heterocycles. The molecule has 1 N–H and O–H groups in total. The van der Waals surface area contributed by atoms with Gasteiger partial charge >= 0.3 is 0 Å². The van der Waals surface area contributed by atoms with Crippen molar-refractivity contribution in [2.45, 2.75) is 0 Å². The van der Waals surface area contributed by atoms with Gasteiger partial charge in [0, 0.05) is 33.7 Å². The van der Waals surface area contributed by atoms with E-state index < -0.39 is 4.92 Å². The van der Waals surface area contributed by atoms with Crippen LogP contribution in [-0.2, 0) is 0 Å². The van der Waals surface area contributed by atoms with E-state index in [-0.39, 0.29) is 5.69 Å². The van der Waals surface area contributed by atoms with Gasteiger partial charge in [0.25, 0.3) is 5.69 Å². The molecule has 0 unspecified atom stereocenters. The molecular formula is C8H5BrN2O2. The minimum atomic E-state index is -0.404. The van der Waals surface area contributed by atoms with E-state index in [9.17, 15) is 10.1 Å². The van der Waals surface area contributed by atoms with Crippen molar-refractivity contribution in [2.24, 2.45) is 0 Å². The smallest absolute Gasteiger partial charge is 0.270 e. The molecule has 4 nitrogen and oxygen atoms in total. The lowest BCUT2D eigenvalue weighted by atomic mass is 10.2. The van der Waals surface area contributed by atoms with E-state index in [1.807, 2.05) is 0 Å². The minimum absolute atomic E-state index is 0.104. The van der Waals surface area contributed by atoms with E-state index in [2.05, 4.69) is 20.9 Å². The number of nitrogens with zero attached hydrogens (tertiary/aromatic N) is 1. The summed E-state index contributed by atoms with van der Waals surface area (Å²) in [4.78, 5) is 13.0. The zero-order valence-electron chi connectivity index (χ0n) is 6.45. The number of halogens is 1. The van der Waals surface area contributed by atoms with Gasteiger partial charge in [0.05, 0.1) is 4.92 Å². The Morgan fingerprint density at radius 3 is 2.92 bits per heavy atom. The van der Waals surface area contributed by atoms with Crippen LogP contribution < -0.4 is 0 Å². The maximum atomic E-state index is 10.5. The number of aromatic nitrogens is 1. The third-order valence-corrected chi connectivity index (χ3v) is 2.48. The Balaban J connectivity index is 2.72. The molecule has 0 saturated carbocycles. The first-order valence-corrected chi connectivity index (χ1v) is 4.39. The number of nitro groups is 1. The Morgan fingerprint density at radius 1 is 1.46 bits per heavy atom. The molecule has 0 amide bonds. The van der Waals surface area contributed by atoms with Crippen molar-refractivity contribution in [2.75, 3.05) is 0 Å². The topological polar surface area (TPSA) is 58.9 Å². The van der Waals surface area contributed by atoms with Crippen molar-refractivity contribution in [3.05, 3.63) is 39.0 Å². The van der Waals surface area contributed by atoms with Gasteiger partial charge in [0.2, 0.25) is 0 Å². The van der Waals surface area contributed by atoms with Crippen LogP contribution in [0.25, 0.3) is 10.9 Å². The minimum Gasteiger partial charge on any atom is -0.360 e. The highest BCUT2D eigenvalue weighted by Gasteiger charge is 2.08. The summed E-state index contributed by atoms with van der Waals surface area (Å²) in [7, 11) is 0. The van der Waals surface area contributed by atoms with Gasteiger partial charge in [-0.25, -0.2) is 0 Å². The standard InChI is InChI=1S/C8H5BrN2O2/c9-7-4-10-8-2-1-5(11(12)13)3-6(7)8/h1-4,10H. The second-order valence-electron chi connectivity index (χ2n) is 2.62. The summed E-state index contributed by atoms with van der Waals surface area (Å²) >= 11 is 3.30. The molecule has 5 heteroatoms. The molecule has 0 fully saturated rings. The summed E-state index contributed by atoms with van der Waals surface area (Å²) in [6.45, 7) is 0. The predicted molar refractivity (Wildman–Crippen MR) is 52.7 cm³/mol. The van der Waals surface area contributed by atoms with Crippen molar-refractivity contribution in [3.8, 4) is 0 Å². The zero-order chi connectivity index (χ0) is 9.42. The number of non-ortho nitro benzene ring substituents is 1. The van der Waals surface area contributed by atoms with Crippen LogP contribution in [0.3, 0.4) is 0 Å². The number of fused-ring (bicyclic) bond motifs is 1. The van der Waals surface area contributed by atoms with Crippen LogP contribution in [0.1, 0.15) is 0 Å². The van der Waals surface area contributed by atoms with Gasteiger partial charge in [-0.2, -0.15) is 0 Å². The lowest BCUT2D eigenvalue weighted by Gasteiger charge is -1.91. The number of H-pyrrole nitrogens is 1. The molecular weight excluding hydrogens is 236 g/mol. The quantitative estimate of drug-likeness (QED) is 0.616. The number of nitrogens with one attached hydrogen (secondary N) is 1. The molecule has 0 spiro atoms. The van der Waals surface area contributed by atoms with Crippen LogP contribution in [0.4, 0.5) is 5.69 Å². The number of aromatic amines is 1. The van der Waals surface area contributed by atoms with Crippen LogP contribution in [0.15, 0.2) is 28.9 Å². The largest absolute Gasteiger partial charge is 0.360 e. The Morgan fingerprint density at radius 2 is 2.23 bits per heavy atom. The maximum absolute atomic E-state index is 10.5. The number of nitro benzene ring substituents is 1. The van der Waals surface area contributed by atoms with Crippen LogP contribution in [-0.4, -0.2) is 9.91 Å². The summed E-state index contributed by atoms with van der Waals surface area (Å²) in [5.74, 6) is 0. The van der Waals surface area contributed by atoms with Crippen molar-refractivity contribution < 1.29 is 4.92 Å². The van der Waals surface area contributed by atoms with Gasteiger partial charge in [0.15, 0.2) is 0 Å². The highest BCUT2D eigenvalue weighted by atomic mass is 79.9. The summed E-state index contributed by atoms with van der Waals surface area (Å²) in [5, 5.41) is 11.3. The van der Waals surface area contributed by atoms with Gasteiger partial charge in [-0.05, 0) is 22.0 Å². The van der Waals surface area contributed by atoms with Crippen LogP contribution in [0.5, 0.6) is 0 Å². The molecule has 0 atom stereocenters. The fourth-order valence-corrected chi connectivity index (χ4v) is 1.63. The molecule has 0 aliphatic heterocycles. The summed E-state index contributed by atoms with van der Waals surface area (Å²) in [6, 6.07) is 4.71. The number of benzene rings is 1. The normalized spacial score (nSPS) is 10.5. The van der Waals surface area contributed by atoms with Gasteiger partial charge in [-0.15, -0.1) is 0 Å². The molecule has 13 heavy (non-hydrogen) atoms. The fraction of sp³-hybridized carbons (Fsp3) is 0. The molecule has 0 aliphatic rings. The Kier molecular flexibility index (Phi) is 1.81. The highest BCUT2D eigenvalue weighted by molar-refractivity contribution is 9.10. The molecule has 2 aromatic rings. The number of rotatable bonds is 1. The van der Waals surface area contributed by atoms with Gasteiger partial charge in [0.1, 0.15) is 0 Å². The molecule has 1 aromatic carbocycles. The van der Waals surface area contributed by atoms with E-state index in [4.69, 9.17) is 0 Å². The van der Waals surface area contributed by atoms with E-state index in [1.165, 1.54) is 12.1 Å². The van der Waals surface area contributed by atoms with Crippen molar-refractivity contribution in [1.29, 1.82) is 0 Å². The Labute approximate surface area is 81.8 Å². The third-order valence-electron chi connectivity index (χ3n) is 1.83. The van der Waals surface area contributed by atoms with Crippen molar-refractivity contribution in [3.63, 3.8) is 0 Å². The summed E-state index contributed by atoms with van der Waals surface area (Å²) < 4.78 is 0.839. The second kappa shape index (κ2) is 2.85. The molecule has 0 bridgehead atoms. The van der Waals surface area contributed by atoms with E-state index >= 15 is 0 Å². The average molecular weight is 241 g/mol. The van der Waals surface area contributed by atoms with Crippen LogP contribution in [0, 0.1) is 10.1 Å². The predicted octanol–water partition coefficient (Wildman–Crippen LogP) is 2.84. The second-order valence-corrected chi connectivity index (χ2v) is 3.48. The summed E-state index contributed by atoms with van der Waals surface area (Å²) in [5.41, 5.74) is 0.991. The SMILES string of the molecule is O=[N+]([O-])c1ccc2[nH]cc(Br)c2c1. The molecule has 0 saturated heterocycles. The number of hydrogen-bond donors (Lipinski definition) is 1.